The minimum Gasteiger partial charge on any atom is -0.481 e. The summed E-state index contributed by atoms with van der Waals surface area (Å²) in [4.78, 5) is 24.7. The van der Waals surface area contributed by atoms with E-state index in [-0.39, 0.29) is 39.7 Å². The van der Waals surface area contributed by atoms with E-state index >= 15 is 0 Å². The summed E-state index contributed by atoms with van der Waals surface area (Å²) in [6.07, 6.45) is 10.5. The maximum Gasteiger partial charge on any atom is 0.309 e. The zero-order valence-electron chi connectivity index (χ0n) is 23.9. The number of hydrogen-bond donors (Lipinski definition) is 1. The number of fused-ring (bicyclic) bond motifs is 7. The largest absolute Gasteiger partial charge is 0.481 e. The molecular formula is C32H50O4. The van der Waals surface area contributed by atoms with Gasteiger partial charge in [-0.2, -0.15) is 0 Å². The molecule has 4 unspecified atom stereocenters. The number of carbonyl (C=O) groups is 2. The summed E-state index contributed by atoms with van der Waals surface area (Å²) in [5.74, 6) is 1.49. The van der Waals surface area contributed by atoms with Crippen LogP contribution in [0.2, 0.25) is 0 Å². The Kier molecular flexibility index (Phi) is 5.91. The van der Waals surface area contributed by atoms with Gasteiger partial charge in [0.05, 0.1) is 5.41 Å². The van der Waals surface area contributed by atoms with Crippen LogP contribution in [-0.4, -0.2) is 23.1 Å². The van der Waals surface area contributed by atoms with Crippen LogP contribution in [0.1, 0.15) is 113 Å². The summed E-state index contributed by atoms with van der Waals surface area (Å²) < 4.78 is 5.88. The van der Waals surface area contributed by atoms with Crippen LogP contribution in [0, 0.1) is 56.7 Å². The molecule has 1 N–H and O–H groups in total. The van der Waals surface area contributed by atoms with Crippen LogP contribution in [0.25, 0.3) is 0 Å². The molecular weight excluding hydrogens is 448 g/mol. The Morgan fingerprint density at radius 3 is 2.11 bits per heavy atom. The van der Waals surface area contributed by atoms with Crippen molar-refractivity contribution in [2.45, 2.75) is 119 Å². The normalized spacial score (nSPS) is 51.2. The minimum absolute atomic E-state index is 0.00466. The Balaban J connectivity index is 1.52. The van der Waals surface area contributed by atoms with E-state index in [0.29, 0.717) is 23.7 Å². The highest BCUT2D eigenvalue weighted by molar-refractivity contribution is 5.76. The Morgan fingerprint density at radius 1 is 0.806 bits per heavy atom. The molecule has 0 saturated heterocycles. The number of hydrogen-bond acceptors (Lipinski definition) is 3. The standard InChI is InChI=1S/C32H50O4/c1-19(2)21-11-16-32(27(34)35)18-17-30(7)22(26(21)32)9-10-24-29(6)14-13-25(36-20(3)33)28(4,5)23(29)12-15-31(24,30)8/h21-26H,1,9-18H2,2-8H3,(H,34,35)/t21?,22?,23?,24?,25-,26+,29-,30+,31+,32-/m0/s1. The first-order valence-corrected chi connectivity index (χ1v) is 14.7. The van der Waals surface area contributed by atoms with Gasteiger partial charge in [-0.05, 0) is 117 Å². The van der Waals surface area contributed by atoms with Gasteiger partial charge in [0.25, 0.3) is 0 Å². The molecule has 0 aromatic carbocycles. The third-order valence-electron chi connectivity index (χ3n) is 13.7. The third kappa shape index (κ3) is 3.17. The zero-order chi connectivity index (χ0) is 26.5. The quantitative estimate of drug-likeness (QED) is 0.320. The maximum absolute atomic E-state index is 12.8. The molecule has 0 bridgehead atoms. The predicted molar refractivity (Wildman–Crippen MR) is 142 cm³/mol. The Morgan fingerprint density at radius 2 is 1.50 bits per heavy atom. The molecule has 0 radical (unpaired) electrons. The number of carboxylic acid groups (broad SMARTS) is 1. The monoisotopic (exact) mass is 498 g/mol. The van der Waals surface area contributed by atoms with Crippen molar-refractivity contribution in [1.29, 1.82) is 0 Å². The van der Waals surface area contributed by atoms with Crippen molar-refractivity contribution in [2.75, 3.05) is 0 Å². The molecule has 5 saturated carbocycles. The molecule has 202 valence electrons. The van der Waals surface area contributed by atoms with Crippen molar-refractivity contribution in [1.82, 2.24) is 0 Å². The Bertz CT molecular complexity index is 967. The summed E-state index contributed by atoms with van der Waals surface area (Å²) in [5, 5.41) is 10.5. The van der Waals surface area contributed by atoms with Gasteiger partial charge in [-0.1, -0.05) is 46.8 Å². The van der Waals surface area contributed by atoms with Crippen molar-refractivity contribution < 1.29 is 19.4 Å². The van der Waals surface area contributed by atoms with Crippen LogP contribution in [0.15, 0.2) is 12.2 Å². The topological polar surface area (TPSA) is 63.6 Å². The second kappa shape index (κ2) is 8.09. The van der Waals surface area contributed by atoms with E-state index in [2.05, 4.69) is 48.1 Å². The van der Waals surface area contributed by atoms with Crippen LogP contribution < -0.4 is 0 Å². The molecule has 10 atom stereocenters. The summed E-state index contributed by atoms with van der Waals surface area (Å²) >= 11 is 0. The van der Waals surface area contributed by atoms with E-state index in [4.69, 9.17) is 4.74 Å². The number of rotatable bonds is 3. The van der Waals surface area contributed by atoms with Crippen molar-refractivity contribution in [3.05, 3.63) is 12.2 Å². The van der Waals surface area contributed by atoms with Gasteiger partial charge in [-0.3, -0.25) is 9.59 Å². The molecule has 0 heterocycles. The molecule has 5 fully saturated rings. The van der Waals surface area contributed by atoms with Crippen LogP contribution in [0.5, 0.6) is 0 Å². The number of carboxylic acids is 1. The van der Waals surface area contributed by atoms with Crippen LogP contribution in [0.4, 0.5) is 0 Å². The van der Waals surface area contributed by atoms with Gasteiger partial charge in [0.15, 0.2) is 0 Å². The number of ether oxygens (including phenoxy) is 1. The van der Waals surface area contributed by atoms with Crippen molar-refractivity contribution in [2.24, 2.45) is 56.7 Å². The Labute approximate surface area is 219 Å². The van der Waals surface area contributed by atoms with E-state index in [1.54, 1.807) is 6.92 Å². The van der Waals surface area contributed by atoms with E-state index in [9.17, 15) is 14.7 Å². The molecule has 0 aromatic heterocycles. The lowest BCUT2D eigenvalue weighted by atomic mass is 9.32. The molecule has 0 aliphatic heterocycles. The first-order valence-electron chi connectivity index (χ1n) is 14.7. The lowest BCUT2D eigenvalue weighted by Crippen LogP contribution is -2.67. The second-order valence-corrected chi connectivity index (χ2v) is 15.1. The van der Waals surface area contributed by atoms with Gasteiger partial charge in [0.2, 0.25) is 0 Å². The van der Waals surface area contributed by atoms with Gasteiger partial charge < -0.3 is 9.84 Å². The maximum atomic E-state index is 12.8. The fraction of sp³-hybridized carbons (Fsp3) is 0.875. The smallest absolute Gasteiger partial charge is 0.309 e. The van der Waals surface area contributed by atoms with Crippen molar-refractivity contribution in [3.63, 3.8) is 0 Å². The summed E-state index contributed by atoms with van der Waals surface area (Å²) in [6.45, 7) is 20.4. The summed E-state index contributed by atoms with van der Waals surface area (Å²) in [7, 11) is 0. The molecule has 0 amide bonds. The number of allylic oxidation sites excluding steroid dienone is 1. The lowest BCUT2D eigenvalue weighted by Gasteiger charge is -2.72. The van der Waals surface area contributed by atoms with Gasteiger partial charge in [0, 0.05) is 12.3 Å². The average Bonchev–Trinajstić information content (AvgIpc) is 3.17. The highest BCUT2D eigenvalue weighted by Crippen LogP contribution is 2.77. The number of esters is 1. The van der Waals surface area contributed by atoms with Gasteiger partial charge >= 0.3 is 11.9 Å². The molecule has 5 aliphatic carbocycles. The van der Waals surface area contributed by atoms with Crippen molar-refractivity contribution in [3.8, 4) is 0 Å². The van der Waals surface area contributed by atoms with Crippen molar-refractivity contribution >= 4 is 11.9 Å². The second-order valence-electron chi connectivity index (χ2n) is 15.1. The number of aliphatic carboxylic acids is 1. The minimum atomic E-state index is -0.553. The highest BCUT2D eigenvalue weighted by Gasteiger charge is 2.72. The molecule has 5 rings (SSSR count). The molecule has 5 aliphatic rings. The SMILES string of the molecule is C=C(C)C1CC[C@]2(C(=O)O)CC[C@]3(C)C(CCC4[C@@]5(C)CC[C@H](OC(C)=O)C(C)(C)C5CC[C@]43C)[C@@H]12. The molecule has 0 aromatic rings. The van der Waals surface area contributed by atoms with Crippen LogP contribution >= 0.6 is 0 Å². The van der Waals surface area contributed by atoms with E-state index < -0.39 is 11.4 Å². The molecule has 0 spiro atoms. The molecule has 36 heavy (non-hydrogen) atoms. The fourth-order valence-corrected chi connectivity index (χ4v) is 11.9. The van der Waals surface area contributed by atoms with Crippen LogP contribution in [-0.2, 0) is 14.3 Å². The fourth-order valence-electron chi connectivity index (χ4n) is 11.9. The summed E-state index contributed by atoms with van der Waals surface area (Å²) in [5.41, 5.74) is 1.20. The third-order valence-corrected chi connectivity index (χ3v) is 13.7. The van der Waals surface area contributed by atoms with Gasteiger partial charge in [-0.25, -0.2) is 0 Å². The average molecular weight is 499 g/mol. The lowest BCUT2D eigenvalue weighted by molar-refractivity contribution is -0.250. The molecule has 4 nitrogen and oxygen atoms in total. The zero-order valence-corrected chi connectivity index (χ0v) is 23.9. The van der Waals surface area contributed by atoms with E-state index in [0.717, 1.165) is 44.9 Å². The van der Waals surface area contributed by atoms with E-state index in [1.165, 1.54) is 24.8 Å². The number of carbonyl (C=O) groups excluding carboxylic acids is 1. The predicted octanol–water partition coefficient (Wildman–Crippen LogP) is 7.66. The van der Waals surface area contributed by atoms with Gasteiger partial charge in [-0.15, -0.1) is 0 Å². The summed E-state index contributed by atoms with van der Waals surface area (Å²) in [6, 6.07) is 0. The first kappa shape index (κ1) is 26.3. The highest BCUT2D eigenvalue weighted by atomic mass is 16.5. The van der Waals surface area contributed by atoms with E-state index in [1.807, 2.05) is 0 Å². The first-order chi connectivity index (χ1) is 16.6. The molecule has 4 heteroatoms. The Hall–Kier alpha value is -1.32. The van der Waals surface area contributed by atoms with Crippen LogP contribution in [0.3, 0.4) is 0 Å². The van der Waals surface area contributed by atoms with Gasteiger partial charge in [0.1, 0.15) is 6.10 Å².